The lowest BCUT2D eigenvalue weighted by Gasteiger charge is -2.22. The Labute approximate surface area is 177 Å². The zero-order chi connectivity index (χ0) is 22.3. The lowest BCUT2D eigenvalue weighted by molar-refractivity contribution is -0.116. The largest absolute Gasteiger partial charge is 0.469 e. The first-order chi connectivity index (χ1) is 14.1. The van der Waals surface area contributed by atoms with Gasteiger partial charge in [0.15, 0.2) is 0 Å². The van der Waals surface area contributed by atoms with E-state index in [1.807, 2.05) is 0 Å². The SMILES string of the molecule is C/C(=C(\CCOP(=O)(O)O)SC(=O)c1ccc[nH]1)N(C=O)Cc1cnc(C)nc1N. The van der Waals surface area contributed by atoms with Gasteiger partial charge in [-0.2, -0.15) is 0 Å². The first kappa shape index (κ1) is 23.8. The Morgan fingerprint density at radius 2 is 2.20 bits per heavy atom. The van der Waals surface area contributed by atoms with Gasteiger partial charge in [0.1, 0.15) is 11.6 Å². The monoisotopic (exact) mass is 455 g/mol. The van der Waals surface area contributed by atoms with Crippen molar-refractivity contribution in [3.8, 4) is 0 Å². The number of hydrogen-bond donors (Lipinski definition) is 4. The van der Waals surface area contributed by atoms with E-state index in [2.05, 4.69) is 19.5 Å². The van der Waals surface area contributed by atoms with Crippen molar-refractivity contribution < 1.29 is 28.5 Å². The molecule has 1 amide bonds. The highest BCUT2D eigenvalue weighted by Gasteiger charge is 2.20. The molecule has 2 aromatic heterocycles. The highest BCUT2D eigenvalue weighted by molar-refractivity contribution is 8.17. The van der Waals surface area contributed by atoms with Crippen LogP contribution in [0.2, 0.25) is 0 Å². The molecule has 0 aromatic carbocycles. The summed E-state index contributed by atoms with van der Waals surface area (Å²) in [5.41, 5.74) is 7.16. The number of aromatic nitrogens is 3. The molecule has 0 aliphatic carbocycles. The number of phosphoric acid groups is 1. The van der Waals surface area contributed by atoms with Crippen molar-refractivity contribution in [3.05, 3.63) is 52.2 Å². The zero-order valence-electron chi connectivity index (χ0n) is 16.3. The van der Waals surface area contributed by atoms with E-state index < -0.39 is 7.82 Å². The van der Waals surface area contributed by atoms with Gasteiger partial charge in [-0.05, 0) is 37.7 Å². The van der Waals surface area contributed by atoms with E-state index in [-0.39, 0.29) is 30.5 Å². The second kappa shape index (κ2) is 10.5. The van der Waals surface area contributed by atoms with Gasteiger partial charge in [-0.3, -0.25) is 14.1 Å². The third-order valence-electron chi connectivity index (χ3n) is 3.94. The molecule has 2 rings (SSSR count). The van der Waals surface area contributed by atoms with Crippen LogP contribution < -0.4 is 5.73 Å². The third kappa shape index (κ3) is 7.08. The summed E-state index contributed by atoms with van der Waals surface area (Å²) in [4.78, 5) is 54.7. The summed E-state index contributed by atoms with van der Waals surface area (Å²) in [7, 11) is -4.67. The molecular formula is C17H22N5O6PS. The minimum absolute atomic E-state index is 0.00171. The minimum atomic E-state index is -4.67. The highest BCUT2D eigenvalue weighted by Crippen LogP contribution is 2.37. The maximum absolute atomic E-state index is 12.5. The lowest BCUT2D eigenvalue weighted by Crippen LogP contribution is -2.22. The molecule has 0 aliphatic rings. The number of aromatic amines is 1. The second-order valence-corrected chi connectivity index (χ2v) is 8.42. The number of carbonyl (C=O) groups excluding carboxylic acids is 2. The quantitative estimate of drug-likeness (QED) is 0.306. The summed E-state index contributed by atoms with van der Waals surface area (Å²) in [5.74, 6) is 0.715. The first-order valence-electron chi connectivity index (χ1n) is 8.66. The molecule has 30 heavy (non-hydrogen) atoms. The molecule has 0 fully saturated rings. The van der Waals surface area contributed by atoms with E-state index in [0.29, 0.717) is 34.1 Å². The first-order valence-corrected chi connectivity index (χ1v) is 11.0. The van der Waals surface area contributed by atoms with Crippen LogP contribution >= 0.6 is 19.6 Å². The number of aryl methyl sites for hydroxylation is 1. The van der Waals surface area contributed by atoms with Gasteiger partial charge in [-0.1, -0.05) is 0 Å². The molecule has 0 aliphatic heterocycles. The zero-order valence-corrected chi connectivity index (χ0v) is 18.0. The predicted octanol–water partition coefficient (Wildman–Crippen LogP) is 1.96. The van der Waals surface area contributed by atoms with Gasteiger partial charge < -0.3 is 25.4 Å². The van der Waals surface area contributed by atoms with E-state index >= 15 is 0 Å². The Balaban J connectivity index is 2.28. The van der Waals surface area contributed by atoms with Gasteiger partial charge in [0, 0.05) is 35.0 Å². The van der Waals surface area contributed by atoms with Crippen molar-refractivity contribution >= 4 is 36.9 Å². The molecule has 0 bridgehead atoms. The fraction of sp³-hybridized carbons (Fsp3) is 0.294. The van der Waals surface area contributed by atoms with Crippen molar-refractivity contribution in [1.29, 1.82) is 0 Å². The average Bonchev–Trinajstić information content (AvgIpc) is 3.20. The van der Waals surface area contributed by atoms with E-state index in [0.717, 1.165) is 11.8 Å². The number of nitrogens with one attached hydrogen (secondary N) is 1. The van der Waals surface area contributed by atoms with Crippen LogP contribution in [-0.2, 0) is 20.4 Å². The standard InChI is InChI=1S/C17H22N5O6PS/c1-11(22(10-23)9-13-8-20-12(2)21-16(13)18)15(5-7-28-29(25,26)27)30-17(24)14-4-3-6-19-14/h3-4,6,8,10,19H,5,7,9H2,1-2H3,(H2,18,20,21)(H2,25,26,27)/b15-11-. The van der Waals surface area contributed by atoms with Gasteiger partial charge in [-0.25, -0.2) is 14.5 Å². The summed E-state index contributed by atoms with van der Waals surface area (Å²) in [6.45, 7) is 3.01. The molecule has 0 atom stereocenters. The van der Waals surface area contributed by atoms with Gasteiger partial charge in [-0.15, -0.1) is 0 Å². The van der Waals surface area contributed by atoms with E-state index in [1.165, 1.54) is 11.1 Å². The van der Waals surface area contributed by atoms with Gasteiger partial charge in [0.05, 0.1) is 18.8 Å². The van der Waals surface area contributed by atoms with Crippen molar-refractivity contribution in [2.45, 2.75) is 26.8 Å². The van der Waals surface area contributed by atoms with E-state index in [1.54, 1.807) is 32.2 Å². The topological polar surface area (TPSA) is 172 Å². The van der Waals surface area contributed by atoms with E-state index in [9.17, 15) is 14.2 Å². The number of rotatable bonds is 10. The van der Waals surface area contributed by atoms with Crippen LogP contribution in [0.3, 0.4) is 0 Å². The van der Waals surface area contributed by atoms with Crippen molar-refractivity contribution in [3.63, 3.8) is 0 Å². The Hall–Kier alpha value is -2.50. The predicted molar refractivity (Wildman–Crippen MR) is 111 cm³/mol. The number of amides is 1. The normalized spacial score (nSPS) is 12.4. The third-order valence-corrected chi connectivity index (χ3v) is 5.61. The maximum Gasteiger partial charge on any atom is 0.469 e. The number of anilines is 1. The number of H-pyrrole nitrogens is 1. The van der Waals surface area contributed by atoms with Crippen LogP contribution in [0.15, 0.2) is 35.1 Å². The Morgan fingerprint density at radius 3 is 2.77 bits per heavy atom. The number of nitrogen functional groups attached to an aromatic ring is 1. The molecule has 0 saturated heterocycles. The summed E-state index contributed by atoms with van der Waals surface area (Å²) >= 11 is 0.835. The molecule has 162 valence electrons. The number of nitrogens with zero attached hydrogens (tertiary/aromatic N) is 3. The number of nitrogens with two attached hydrogens (primary N) is 1. The number of carbonyl (C=O) groups is 2. The Bertz CT molecular complexity index is 975. The molecule has 2 aromatic rings. The lowest BCUT2D eigenvalue weighted by atomic mass is 10.2. The van der Waals surface area contributed by atoms with Crippen LogP contribution in [0.25, 0.3) is 0 Å². The molecule has 11 nitrogen and oxygen atoms in total. The van der Waals surface area contributed by atoms with Gasteiger partial charge in [0.25, 0.3) is 0 Å². The number of allylic oxidation sites excluding steroid dienone is 1. The van der Waals surface area contributed by atoms with Crippen molar-refractivity contribution in [2.75, 3.05) is 12.3 Å². The fourth-order valence-corrected chi connectivity index (χ4v) is 3.64. The number of hydrogen-bond acceptors (Lipinski definition) is 8. The van der Waals surface area contributed by atoms with Crippen molar-refractivity contribution in [2.24, 2.45) is 0 Å². The molecule has 13 heteroatoms. The molecular weight excluding hydrogens is 433 g/mol. The van der Waals surface area contributed by atoms with Crippen molar-refractivity contribution in [1.82, 2.24) is 19.9 Å². The maximum atomic E-state index is 12.5. The second-order valence-electron chi connectivity index (χ2n) is 6.12. The molecule has 0 spiro atoms. The number of phosphoric ester groups is 1. The fourth-order valence-electron chi connectivity index (χ4n) is 2.40. The number of thioether (sulfide) groups is 1. The Morgan fingerprint density at radius 1 is 1.47 bits per heavy atom. The summed E-state index contributed by atoms with van der Waals surface area (Å²) < 4.78 is 15.5. The Kier molecular flexibility index (Phi) is 8.33. The molecule has 5 N–H and O–H groups in total. The highest BCUT2D eigenvalue weighted by atomic mass is 32.2. The van der Waals surface area contributed by atoms with Crippen LogP contribution in [0.4, 0.5) is 5.82 Å². The van der Waals surface area contributed by atoms with Crippen LogP contribution in [0, 0.1) is 6.92 Å². The smallest absolute Gasteiger partial charge is 0.383 e. The van der Waals surface area contributed by atoms with E-state index in [4.69, 9.17) is 15.5 Å². The molecule has 0 radical (unpaired) electrons. The van der Waals surface area contributed by atoms with Crippen LogP contribution in [-0.4, -0.2) is 47.8 Å². The van der Waals surface area contributed by atoms with Gasteiger partial charge >= 0.3 is 7.82 Å². The summed E-state index contributed by atoms with van der Waals surface area (Å²) in [6, 6.07) is 3.26. The molecule has 2 heterocycles. The van der Waals surface area contributed by atoms with Crippen LogP contribution in [0.1, 0.15) is 35.2 Å². The van der Waals surface area contributed by atoms with Gasteiger partial charge in [0.2, 0.25) is 11.5 Å². The summed E-state index contributed by atoms with van der Waals surface area (Å²) in [6.07, 6.45) is 3.67. The summed E-state index contributed by atoms with van der Waals surface area (Å²) in [5, 5.41) is -0.324. The molecule has 0 saturated carbocycles. The van der Waals surface area contributed by atoms with Crippen LogP contribution in [0.5, 0.6) is 0 Å². The average molecular weight is 455 g/mol. The minimum Gasteiger partial charge on any atom is -0.383 e. The molecule has 0 unspecified atom stereocenters.